The number of fused-ring (bicyclic) bond motifs is 1. The Morgan fingerprint density at radius 2 is 2.14 bits per heavy atom. The predicted octanol–water partition coefficient (Wildman–Crippen LogP) is 4.30. The Kier molecular flexibility index (Phi) is 3.64. The molecule has 0 aliphatic heterocycles. The minimum Gasteiger partial charge on any atom is -0.358 e. The summed E-state index contributed by atoms with van der Waals surface area (Å²) in [6.45, 7) is 1.91. The maximum absolute atomic E-state index is 12.9. The summed E-state index contributed by atoms with van der Waals surface area (Å²) in [6.07, 6.45) is 1.64. The second kappa shape index (κ2) is 5.45. The summed E-state index contributed by atoms with van der Waals surface area (Å²) in [4.78, 5) is 15.7. The first-order chi connectivity index (χ1) is 10.1. The van der Waals surface area contributed by atoms with Crippen molar-refractivity contribution in [2.24, 2.45) is 0 Å². The van der Waals surface area contributed by atoms with Crippen molar-refractivity contribution < 1.29 is 9.31 Å². The van der Waals surface area contributed by atoms with Gasteiger partial charge in [-0.2, -0.15) is 9.38 Å². The summed E-state index contributed by atoms with van der Waals surface area (Å²) in [5.74, 6) is -0.324. The van der Waals surface area contributed by atoms with Gasteiger partial charge in [0.25, 0.3) is 4.96 Å². The molecule has 0 radical (unpaired) electrons. The predicted molar refractivity (Wildman–Crippen MR) is 80.4 cm³/mol. The fraction of sp³-hybridized carbons (Fsp3) is 0.154. The van der Waals surface area contributed by atoms with Crippen molar-refractivity contribution in [2.45, 2.75) is 17.2 Å². The molecule has 108 valence electrons. The van der Waals surface area contributed by atoms with E-state index in [-0.39, 0.29) is 16.9 Å². The molecule has 0 aliphatic rings. The van der Waals surface area contributed by atoms with E-state index < -0.39 is 4.92 Å². The van der Waals surface area contributed by atoms with E-state index in [1.54, 1.807) is 23.7 Å². The highest BCUT2D eigenvalue weighted by atomic mass is 32.2. The summed E-state index contributed by atoms with van der Waals surface area (Å²) >= 11 is 2.65. The molecule has 0 spiro atoms. The van der Waals surface area contributed by atoms with Crippen LogP contribution in [-0.4, -0.2) is 14.3 Å². The number of halogens is 1. The molecular weight excluding hydrogens is 313 g/mol. The van der Waals surface area contributed by atoms with Gasteiger partial charge in [0.05, 0.1) is 0 Å². The van der Waals surface area contributed by atoms with E-state index in [4.69, 9.17) is 0 Å². The molecule has 0 aliphatic carbocycles. The molecule has 0 amide bonds. The summed E-state index contributed by atoms with van der Waals surface area (Å²) < 4.78 is 14.4. The third-order valence-electron chi connectivity index (χ3n) is 3.01. The normalized spacial score (nSPS) is 12.7. The van der Waals surface area contributed by atoms with Crippen LogP contribution >= 0.6 is 23.1 Å². The lowest BCUT2D eigenvalue weighted by Crippen LogP contribution is -1.95. The van der Waals surface area contributed by atoms with Crippen LogP contribution in [0.25, 0.3) is 4.96 Å². The van der Waals surface area contributed by atoms with E-state index in [0.717, 1.165) is 5.56 Å². The van der Waals surface area contributed by atoms with Crippen LogP contribution < -0.4 is 0 Å². The summed E-state index contributed by atoms with van der Waals surface area (Å²) in [7, 11) is 0. The fourth-order valence-electron chi connectivity index (χ4n) is 1.97. The average molecular weight is 323 g/mol. The zero-order valence-corrected chi connectivity index (χ0v) is 12.5. The number of thioether (sulfide) groups is 1. The van der Waals surface area contributed by atoms with Crippen molar-refractivity contribution in [3.63, 3.8) is 0 Å². The van der Waals surface area contributed by atoms with Gasteiger partial charge in [-0.3, -0.25) is 0 Å². The van der Waals surface area contributed by atoms with E-state index in [2.05, 4.69) is 4.98 Å². The maximum Gasteiger partial charge on any atom is 0.362 e. The van der Waals surface area contributed by atoms with Gasteiger partial charge in [0.15, 0.2) is 5.03 Å². The Labute approximate surface area is 127 Å². The van der Waals surface area contributed by atoms with Gasteiger partial charge in [-0.05, 0) is 29.5 Å². The standard InChI is InChI=1S/C13H10FN3O2S2/c1-8(9-2-4-10(14)5-3-9)21-11-12(17(18)19)16-6-7-20-13(16)15-11/h2-8H,1H3. The molecule has 1 aromatic carbocycles. The Bertz CT molecular complexity index is 797. The third-order valence-corrected chi connectivity index (χ3v) is 4.89. The van der Waals surface area contributed by atoms with Gasteiger partial charge < -0.3 is 10.1 Å². The lowest BCUT2D eigenvalue weighted by Gasteiger charge is -2.09. The summed E-state index contributed by atoms with van der Waals surface area (Å²) in [6, 6.07) is 6.12. The molecule has 0 N–H and O–H groups in total. The molecule has 0 saturated carbocycles. The Morgan fingerprint density at radius 1 is 1.43 bits per heavy atom. The number of aromatic nitrogens is 2. The number of hydrogen-bond donors (Lipinski definition) is 0. The van der Waals surface area contributed by atoms with E-state index in [9.17, 15) is 14.5 Å². The zero-order chi connectivity index (χ0) is 15.0. The van der Waals surface area contributed by atoms with E-state index in [1.807, 2.05) is 6.92 Å². The molecule has 0 fully saturated rings. The highest BCUT2D eigenvalue weighted by molar-refractivity contribution is 7.99. The first-order valence-corrected chi connectivity index (χ1v) is 7.84. The second-order valence-corrected chi connectivity index (χ2v) is 6.57. The highest BCUT2D eigenvalue weighted by Crippen LogP contribution is 2.40. The summed E-state index contributed by atoms with van der Waals surface area (Å²) in [5, 5.41) is 13.3. The first-order valence-electron chi connectivity index (χ1n) is 6.08. The topological polar surface area (TPSA) is 60.4 Å². The number of rotatable bonds is 4. The van der Waals surface area contributed by atoms with Gasteiger partial charge in [0, 0.05) is 10.6 Å². The summed E-state index contributed by atoms with van der Waals surface area (Å²) in [5.41, 5.74) is 0.895. The van der Waals surface area contributed by atoms with Crippen molar-refractivity contribution in [1.82, 2.24) is 9.38 Å². The van der Waals surface area contributed by atoms with Crippen molar-refractivity contribution in [2.75, 3.05) is 0 Å². The molecule has 3 aromatic rings. The quantitative estimate of drug-likeness (QED) is 0.408. The monoisotopic (exact) mass is 323 g/mol. The van der Waals surface area contributed by atoms with Crippen LogP contribution in [0.2, 0.25) is 0 Å². The average Bonchev–Trinajstić information content (AvgIpc) is 2.98. The van der Waals surface area contributed by atoms with Gasteiger partial charge >= 0.3 is 5.82 Å². The number of benzene rings is 1. The second-order valence-electron chi connectivity index (χ2n) is 4.36. The van der Waals surface area contributed by atoms with Crippen molar-refractivity contribution in [3.05, 3.63) is 57.3 Å². The van der Waals surface area contributed by atoms with Crippen LogP contribution in [0, 0.1) is 15.9 Å². The molecule has 21 heavy (non-hydrogen) atoms. The molecule has 8 heteroatoms. The smallest absolute Gasteiger partial charge is 0.358 e. The minimum absolute atomic E-state index is 0.0230. The molecule has 0 saturated heterocycles. The molecule has 0 bridgehead atoms. The molecular formula is C13H10FN3O2S2. The molecule has 5 nitrogen and oxygen atoms in total. The zero-order valence-electron chi connectivity index (χ0n) is 10.9. The Morgan fingerprint density at radius 3 is 2.81 bits per heavy atom. The molecule has 1 atom stereocenters. The van der Waals surface area contributed by atoms with Gasteiger partial charge in [-0.15, -0.1) is 0 Å². The largest absolute Gasteiger partial charge is 0.362 e. The SMILES string of the molecule is CC(Sc1nc2sccn2c1[N+](=O)[O-])c1ccc(F)cc1. The van der Waals surface area contributed by atoms with Crippen LogP contribution in [-0.2, 0) is 0 Å². The lowest BCUT2D eigenvalue weighted by atomic mass is 10.2. The fourth-order valence-corrected chi connectivity index (χ4v) is 3.78. The van der Waals surface area contributed by atoms with Crippen LogP contribution in [0.1, 0.15) is 17.7 Å². The molecule has 2 heterocycles. The van der Waals surface area contributed by atoms with Crippen molar-refractivity contribution in [3.8, 4) is 0 Å². The van der Waals surface area contributed by atoms with Crippen LogP contribution in [0.3, 0.4) is 0 Å². The number of nitro groups is 1. The van der Waals surface area contributed by atoms with Gasteiger partial charge in [0.2, 0.25) is 0 Å². The molecule has 1 unspecified atom stereocenters. The van der Waals surface area contributed by atoms with Crippen molar-refractivity contribution in [1.29, 1.82) is 0 Å². The Balaban J connectivity index is 1.93. The Hall–Kier alpha value is -1.93. The number of nitrogens with zero attached hydrogens (tertiary/aromatic N) is 3. The van der Waals surface area contributed by atoms with Gasteiger partial charge in [0.1, 0.15) is 12.0 Å². The first kappa shape index (κ1) is 14.0. The van der Waals surface area contributed by atoms with Crippen LogP contribution in [0.15, 0.2) is 40.9 Å². The number of hydrogen-bond acceptors (Lipinski definition) is 5. The lowest BCUT2D eigenvalue weighted by molar-refractivity contribution is -0.393. The maximum atomic E-state index is 12.9. The number of imidazole rings is 1. The highest BCUT2D eigenvalue weighted by Gasteiger charge is 2.25. The van der Waals surface area contributed by atoms with E-state index in [1.165, 1.54) is 39.6 Å². The van der Waals surface area contributed by atoms with Gasteiger partial charge in [-0.1, -0.05) is 35.2 Å². The number of thiazole rings is 1. The minimum atomic E-state index is -0.424. The van der Waals surface area contributed by atoms with Crippen LogP contribution in [0.5, 0.6) is 0 Å². The molecule has 2 aromatic heterocycles. The van der Waals surface area contributed by atoms with Crippen molar-refractivity contribution >= 4 is 33.9 Å². The van der Waals surface area contributed by atoms with Crippen LogP contribution in [0.4, 0.5) is 10.2 Å². The third kappa shape index (κ3) is 2.64. The van der Waals surface area contributed by atoms with Gasteiger partial charge in [-0.25, -0.2) is 4.39 Å². The molecule has 3 rings (SSSR count). The van der Waals surface area contributed by atoms with E-state index >= 15 is 0 Å². The van der Waals surface area contributed by atoms with E-state index in [0.29, 0.717) is 9.99 Å².